The molecule has 4 N–H and O–H groups in total. The summed E-state index contributed by atoms with van der Waals surface area (Å²) in [5.41, 5.74) is 6.54. The van der Waals surface area contributed by atoms with Gasteiger partial charge in [-0.25, -0.2) is 0 Å². The second-order valence-electron chi connectivity index (χ2n) is 5.16. The van der Waals surface area contributed by atoms with E-state index in [4.69, 9.17) is 5.73 Å². The summed E-state index contributed by atoms with van der Waals surface area (Å²) in [7, 11) is 0. The van der Waals surface area contributed by atoms with E-state index in [2.05, 4.69) is 12.2 Å². The van der Waals surface area contributed by atoms with Crippen molar-refractivity contribution in [3.05, 3.63) is 23.8 Å². The highest BCUT2D eigenvalue weighted by atomic mass is 16.3. The minimum absolute atomic E-state index is 0.0449. The Balaban J connectivity index is 1.97. The number of carbonyl (C=O) groups excluding carboxylic acids is 1. The summed E-state index contributed by atoms with van der Waals surface area (Å²) in [6.45, 7) is 2.88. The molecule has 1 aliphatic carbocycles. The third-order valence-electron chi connectivity index (χ3n) is 4.08. The lowest BCUT2D eigenvalue weighted by Gasteiger charge is -2.41. The molecule has 1 aromatic carbocycles. The van der Waals surface area contributed by atoms with Crippen LogP contribution in [0.1, 0.15) is 43.0 Å². The first-order valence-corrected chi connectivity index (χ1v) is 6.43. The molecule has 1 aromatic rings. The summed E-state index contributed by atoms with van der Waals surface area (Å²) in [5.74, 6) is -0.193. The fraction of sp³-hybridized carbons (Fsp3) is 0.500. The minimum atomic E-state index is -0.148. The number of nitrogens with two attached hydrogens (primary N) is 1. The number of anilines is 1. The molecule has 0 radical (unpaired) electrons. The maximum atomic E-state index is 11.9. The molecule has 0 atom stereocenters. The molecule has 4 nitrogen and oxygen atoms in total. The molecule has 1 fully saturated rings. The van der Waals surface area contributed by atoms with Crippen LogP contribution in [0.3, 0.4) is 0 Å². The first-order valence-electron chi connectivity index (χ1n) is 6.43. The van der Waals surface area contributed by atoms with Crippen LogP contribution in [0.25, 0.3) is 0 Å². The average molecular weight is 248 g/mol. The number of rotatable bonds is 4. The van der Waals surface area contributed by atoms with Gasteiger partial charge in [-0.05, 0) is 42.9 Å². The van der Waals surface area contributed by atoms with Crippen LogP contribution in [0.4, 0.5) is 5.69 Å². The third-order valence-corrected chi connectivity index (χ3v) is 4.08. The normalized spacial score (nSPS) is 16.9. The Bertz CT molecular complexity index is 448. The van der Waals surface area contributed by atoms with E-state index in [1.165, 1.54) is 25.3 Å². The van der Waals surface area contributed by atoms with E-state index in [9.17, 15) is 9.90 Å². The van der Waals surface area contributed by atoms with Crippen LogP contribution >= 0.6 is 0 Å². The predicted molar refractivity (Wildman–Crippen MR) is 71.4 cm³/mol. The molecule has 4 heteroatoms. The molecular weight excluding hydrogens is 228 g/mol. The van der Waals surface area contributed by atoms with Crippen LogP contribution in [0.5, 0.6) is 5.75 Å². The van der Waals surface area contributed by atoms with Crippen LogP contribution in [0.15, 0.2) is 18.2 Å². The zero-order valence-electron chi connectivity index (χ0n) is 10.7. The monoisotopic (exact) mass is 248 g/mol. The number of aromatic hydroxyl groups is 1. The van der Waals surface area contributed by atoms with Gasteiger partial charge in [0, 0.05) is 12.1 Å². The summed E-state index contributed by atoms with van der Waals surface area (Å²) in [5, 5.41) is 12.4. The van der Waals surface area contributed by atoms with Crippen molar-refractivity contribution >= 4 is 11.6 Å². The van der Waals surface area contributed by atoms with Crippen LogP contribution < -0.4 is 11.1 Å². The number of hydrogen-bond donors (Lipinski definition) is 3. The topological polar surface area (TPSA) is 75.4 Å². The number of hydrogen-bond acceptors (Lipinski definition) is 3. The number of nitrogen functional groups attached to an aromatic ring is 1. The minimum Gasteiger partial charge on any atom is -0.506 e. The van der Waals surface area contributed by atoms with E-state index < -0.39 is 0 Å². The van der Waals surface area contributed by atoms with Gasteiger partial charge in [0.15, 0.2) is 0 Å². The molecular formula is C14H20N2O2. The summed E-state index contributed by atoms with van der Waals surface area (Å²) >= 11 is 0. The fourth-order valence-corrected chi connectivity index (χ4v) is 2.39. The summed E-state index contributed by atoms with van der Waals surface area (Å²) in [6, 6.07) is 4.58. The van der Waals surface area contributed by atoms with Crippen molar-refractivity contribution in [2.24, 2.45) is 5.41 Å². The first-order chi connectivity index (χ1) is 8.56. The maximum absolute atomic E-state index is 11.9. The molecule has 0 aromatic heterocycles. The Morgan fingerprint density at radius 3 is 2.72 bits per heavy atom. The second-order valence-corrected chi connectivity index (χ2v) is 5.16. The first kappa shape index (κ1) is 12.7. The molecule has 1 saturated carbocycles. The smallest absolute Gasteiger partial charge is 0.251 e. The number of phenolic OH excluding ortho intramolecular Hbond substituents is 1. The van der Waals surface area contributed by atoms with Gasteiger partial charge in [0.05, 0.1) is 5.69 Å². The van der Waals surface area contributed by atoms with Gasteiger partial charge in [0.25, 0.3) is 5.91 Å². The van der Waals surface area contributed by atoms with Crippen molar-refractivity contribution < 1.29 is 9.90 Å². The molecule has 0 saturated heterocycles. The van der Waals surface area contributed by atoms with E-state index in [1.807, 2.05) is 0 Å². The van der Waals surface area contributed by atoms with Gasteiger partial charge in [0.1, 0.15) is 5.75 Å². The molecule has 0 heterocycles. The van der Waals surface area contributed by atoms with E-state index in [0.29, 0.717) is 17.5 Å². The standard InChI is InChI=1S/C14H20N2O2/c1-2-14(6-3-7-14)9-16-13(18)10-4-5-11(15)12(17)8-10/h4-5,8,17H,2-3,6-7,9,15H2,1H3,(H,16,18). The van der Waals surface area contributed by atoms with Gasteiger partial charge in [-0.2, -0.15) is 0 Å². The van der Waals surface area contributed by atoms with Crippen molar-refractivity contribution in [1.29, 1.82) is 0 Å². The largest absolute Gasteiger partial charge is 0.506 e. The molecule has 0 spiro atoms. The van der Waals surface area contributed by atoms with E-state index in [1.54, 1.807) is 12.1 Å². The van der Waals surface area contributed by atoms with Crippen LogP contribution in [-0.4, -0.2) is 17.6 Å². The summed E-state index contributed by atoms with van der Waals surface area (Å²) < 4.78 is 0. The number of carbonyl (C=O) groups is 1. The number of phenols is 1. The molecule has 18 heavy (non-hydrogen) atoms. The molecule has 0 aliphatic heterocycles. The summed E-state index contributed by atoms with van der Waals surface area (Å²) in [6.07, 6.45) is 4.74. The zero-order valence-corrected chi connectivity index (χ0v) is 10.7. The van der Waals surface area contributed by atoms with Crippen LogP contribution in [0.2, 0.25) is 0 Å². The molecule has 1 aliphatic rings. The molecule has 0 bridgehead atoms. The average Bonchev–Trinajstić information content (AvgIpc) is 2.31. The Kier molecular flexibility index (Phi) is 3.45. The third kappa shape index (κ3) is 2.42. The van der Waals surface area contributed by atoms with Crippen molar-refractivity contribution in [2.75, 3.05) is 12.3 Å². The lowest BCUT2D eigenvalue weighted by atomic mass is 9.67. The van der Waals surface area contributed by atoms with Crippen molar-refractivity contribution in [3.63, 3.8) is 0 Å². The summed E-state index contributed by atoms with van der Waals surface area (Å²) in [4.78, 5) is 11.9. The fourth-order valence-electron chi connectivity index (χ4n) is 2.39. The maximum Gasteiger partial charge on any atom is 0.251 e. The van der Waals surface area contributed by atoms with Crippen LogP contribution in [-0.2, 0) is 0 Å². The molecule has 0 unspecified atom stereocenters. The van der Waals surface area contributed by atoms with E-state index in [-0.39, 0.29) is 17.3 Å². The van der Waals surface area contributed by atoms with Crippen LogP contribution in [0, 0.1) is 5.41 Å². The van der Waals surface area contributed by atoms with E-state index >= 15 is 0 Å². The highest BCUT2D eigenvalue weighted by molar-refractivity contribution is 5.95. The van der Waals surface area contributed by atoms with Crippen molar-refractivity contribution in [2.45, 2.75) is 32.6 Å². The molecule has 98 valence electrons. The SMILES string of the molecule is CCC1(CNC(=O)c2ccc(N)c(O)c2)CCC1. The van der Waals surface area contributed by atoms with Gasteiger partial charge in [0.2, 0.25) is 0 Å². The zero-order chi connectivity index (χ0) is 13.2. The molecule has 2 rings (SSSR count). The number of benzene rings is 1. The number of amides is 1. The lowest BCUT2D eigenvalue weighted by Crippen LogP contribution is -2.41. The Hall–Kier alpha value is -1.71. The molecule has 1 amide bonds. The van der Waals surface area contributed by atoms with Gasteiger partial charge in [-0.3, -0.25) is 4.79 Å². The van der Waals surface area contributed by atoms with E-state index in [0.717, 1.165) is 6.42 Å². The second kappa shape index (κ2) is 4.88. The number of nitrogens with one attached hydrogen (secondary N) is 1. The van der Waals surface area contributed by atoms with Gasteiger partial charge in [-0.15, -0.1) is 0 Å². The van der Waals surface area contributed by atoms with Gasteiger partial charge >= 0.3 is 0 Å². The predicted octanol–water partition coefficient (Wildman–Crippen LogP) is 2.28. The van der Waals surface area contributed by atoms with Crippen molar-refractivity contribution in [1.82, 2.24) is 5.32 Å². The highest BCUT2D eigenvalue weighted by Crippen LogP contribution is 2.43. The Labute approximate surface area is 107 Å². The van der Waals surface area contributed by atoms with Crippen molar-refractivity contribution in [3.8, 4) is 5.75 Å². The quantitative estimate of drug-likeness (QED) is 0.565. The highest BCUT2D eigenvalue weighted by Gasteiger charge is 2.35. The van der Waals surface area contributed by atoms with Gasteiger partial charge in [-0.1, -0.05) is 13.3 Å². The lowest BCUT2D eigenvalue weighted by molar-refractivity contribution is 0.0850. The Morgan fingerprint density at radius 1 is 1.50 bits per heavy atom. The van der Waals surface area contributed by atoms with Gasteiger partial charge < -0.3 is 16.2 Å². The Morgan fingerprint density at radius 2 is 2.22 bits per heavy atom.